The number of halogens is 3. The van der Waals surface area contributed by atoms with Gasteiger partial charge in [0.2, 0.25) is 0 Å². The van der Waals surface area contributed by atoms with Crippen LogP contribution in [0.2, 0.25) is 0 Å². The zero-order chi connectivity index (χ0) is 11.5. The molecular formula is C12H7BrF2S. The van der Waals surface area contributed by atoms with Crippen molar-refractivity contribution >= 4 is 27.7 Å². The van der Waals surface area contributed by atoms with Gasteiger partial charge < -0.3 is 0 Å². The van der Waals surface area contributed by atoms with E-state index in [1.54, 1.807) is 0 Å². The molecule has 0 saturated heterocycles. The Morgan fingerprint density at radius 3 is 1.94 bits per heavy atom. The number of rotatable bonds is 2. The van der Waals surface area contributed by atoms with Crippen molar-refractivity contribution in [3.05, 3.63) is 58.6 Å². The molecule has 2 aromatic carbocycles. The summed E-state index contributed by atoms with van der Waals surface area (Å²) >= 11 is 4.65. The Kier molecular flexibility index (Phi) is 3.61. The van der Waals surface area contributed by atoms with Crippen LogP contribution in [0.3, 0.4) is 0 Å². The fourth-order valence-electron chi connectivity index (χ4n) is 1.23. The second kappa shape index (κ2) is 4.97. The van der Waals surface area contributed by atoms with Crippen molar-refractivity contribution in [3.8, 4) is 0 Å². The SMILES string of the molecule is Fc1cc(F)cc(Sc2ccc(Br)cc2)c1. The van der Waals surface area contributed by atoms with Crippen molar-refractivity contribution in [2.24, 2.45) is 0 Å². The topological polar surface area (TPSA) is 0 Å². The summed E-state index contributed by atoms with van der Waals surface area (Å²) in [6.07, 6.45) is 0. The highest BCUT2D eigenvalue weighted by atomic mass is 79.9. The Hall–Kier alpha value is -0.870. The first-order chi connectivity index (χ1) is 7.63. The third-order valence-electron chi connectivity index (χ3n) is 1.89. The van der Waals surface area contributed by atoms with Crippen LogP contribution in [-0.4, -0.2) is 0 Å². The maximum absolute atomic E-state index is 12.9. The van der Waals surface area contributed by atoms with E-state index >= 15 is 0 Å². The average Bonchev–Trinajstić information content (AvgIpc) is 2.20. The van der Waals surface area contributed by atoms with Gasteiger partial charge in [0, 0.05) is 20.3 Å². The fraction of sp³-hybridized carbons (Fsp3) is 0. The molecule has 0 amide bonds. The van der Waals surface area contributed by atoms with Gasteiger partial charge in [0.15, 0.2) is 0 Å². The van der Waals surface area contributed by atoms with Crippen molar-refractivity contribution in [2.45, 2.75) is 9.79 Å². The van der Waals surface area contributed by atoms with Gasteiger partial charge in [0.1, 0.15) is 11.6 Å². The van der Waals surface area contributed by atoms with Crippen LogP contribution in [0, 0.1) is 11.6 Å². The molecule has 0 saturated carbocycles. The molecule has 0 N–H and O–H groups in total. The summed E-state index contributed by atoms with van der Waals surface area (Å²) in [5.41, 5.74) is 0. The number of benzene rings is 2. The summed E-state index contributed by atoms with van der Waals surface area (Å²) in [4.78, 5) is 1.49. The van der Waals surface area contributed by atoms with E-state index in [1.165, 1.54) is 23.9 Å². The monoisotopic (exact) mass is 300 g/mol. The zero-order valence-electron chi connectivity index (χ0n) is 8.08. The van der Waals surface area contributed by atoms with Crippen LogP contribution in [0.5, 0.6) is 0 Å². The Morgan fingerprint density at radius 2 is 1.38 bits per heavy atom. The highest BCUT2D eigenvalue weighted by Gasteiger charge is 2.02. The molecule has 0 aliphatic carbocycles. The van der Waals surface area contributed by atoms with Crippen LogP contribution in [-0.2, 0) is 0 Å². The molecule has 2 aromatic rings. The Bertz CT molecular complexity index is 477. The first-order valence-electron chi connectivity index (χ1n) is 4.53. The van der Waals surface area contributed by atoms with Gasteiger partial charge >= 0.3 is 0 Å². The minimum Gasteiger partial charge on any atom is -0.207 e. The molecule has 0 aliphatic heterocycles. The van der Waals surface area contributed by atoms with Gasteiger partial charge in [-0.1, -0.05) is 27.7 Å². The molecule has 4 heteroatoms. The Labute approximate surface area is 105 Å². The molecule has 16 heavy (non-hydrogen) atoms. The van der Waals surface area contributed by atoms with E-state index < -0.39 is 11.6 Å². The van der Waals surface area contributed by atoms with E-state index in [1.807, 2.05) is 24.3 Å². The molecule has 0 aromatic heterocycles. The lowest BCUT2D eigenvalue weighted by Crippen LogP contribution is -1.81. The first kappa shape index (κ1) is 11.6. The lowest BCUT2D eigenvalue weighted by atomic mass is 10.3. The molecule has 0 bridgehead atoms. The quantitative estimate of drug-likeness (QED) is 0.762. The minimum atomic E-state index is -0.556. The molecule has 2 rings (SSSR count). The second-order valence-corrected chi connectivity index (χ2v) is 5.22. The molecule has 0 fully saturated rings. The zero-order valence-corrected chi connectivity index (χ0v) is 10.5. The first-order valence-corrected chi connectivity index (χ1v) is 6.14. The van der Waals surface area contributed by atoms with Crippen LogP contribution in [0.25, 0.3) is 0 Å². The second-order valence-electron chi connectivity index (χ2n) is 3.16. The summed E-state index contributed by atoms with van der Waals surface area (Å²) < 4.78 is 26.8. The lowest BCUT2D eigenvalue weighted by Gasteiger charge is -2.02. The third-order valence-corrected chi connectivity index (χ3v) is 3.39. The van der Waals surface area contributed by atoms with E-state index in [0.29, 0.717) is 4.90 Å². The van der Waals surface area contributed by atoms with Crippen LogP contribution in [0.4, 0.5) is 8.78 Å². The predicted molar refractivity (Wildman–Crippen MR) is 64.6 cm³/mol. The highest BCUT2D eigenvalue weighted by molar-refractivity contribution is 9.10. The van der Waals surface area contributed by atoms with Crippen molar-refractivity contribution in [3.63, 3.8) is 0 Å². The summed E-state index contributed by atoms with van der Waals surface area (Å²) in [5, 5.41) is 0. The van der Waals surface area contributed by atoms with E-state index in [0.717, 1.165) is 15.4 Å². The average molecular weight is 301 g/mol. The summed E-state index contributed by atoms with van der Waals surface area (Å²) in [6.45, 7) is 0. The highest BCUT2D eigenvalue weighted by Crippen LogP contribution is 2.29. The third kappa shape index (κ3) is 3.06. The summed E-state index contributed by atoms with van der Waals surface area (Å²) in [5.74, 6) is -1.11. The molecule has 0 heterocycles. The maximum Gasteiger partial charge on any atom is 0.127 e. The van der Waals surface area contributed by atoms with Crippen molar-refractivity contribution in [1.29, 1.82) is 0 Å². The molecule has 0 atom stereocenters. The predicted octanol–water partition coefficient (Wildman–Crippen LogP) is 4.88. The van der Waals surface area contributed by atoms with Gasteiger partial charge in [-0.05, 0) is 36.4 Å². The summed E-state index contributed by atoms with van der Waals surface area (Å²) in [7, 11) is 0. The molecular weight excluding hydrogens is 294 g/mol. The van der Waals surface area contributed by atoms with Gasteiger partial charge in [-0.25, -0.2) is 8.78 Å². The van der Waals surface area contributed by atoms with E-state index in [9.17, 15) is 8.78 Å². The van der Waals surface area contributed by atoms with Crippen LogP contribution in [0.1, 0.15) is 0 Å². The van der Waals surface area contributed by atoms with E-state index in [-0.39, 0.29) is 0 Å². The van der Waals surface area contributed by atoms with E-state index in [4.69, 9.17) is 0 Å². The van der Waals surface area contributed by atoms with Crippen LogP contribution >= 0.6 is 27.7 Å². The number of hydrogen-bond acceptors (Lipinski definition) is 1. The van der Waals surface area contributed by atoms with E-state index in [2.05, 4.69) is 15.9 Å². The largest absolute Gasteiger partial charge is 0.207 e. The molecule has 0 spiro atoms. The van der Waals surface area contributed by atoms with Gasteiger partial charge in [-0.2, -0.15) is 0 Å². The van der Waals surface area contributed by atoms with Gasteiger partial charge in [-0.15, -0.1) is 0 Å². The Balaban J connectivity index is 2.23. The summed E-state index contributed by atoms with van der Waals surface area (Å²) in [6, 6.07) is 11.0. The normalized spacial score (nSPS) is 10.4. The standard InChI is InChI=1S/C12H7BrF2S/c13-8-1-3-11(4-2-8)16-12-6-9(14)5-10(15)7-12/h1-7H. The van der Waals surface area contributed by atoms with Gasteiger partial charge in [-0.3, -0.25) is 0 Å². The van der Waals surface area contributed by atoms with Crippen molar-refractivity contribution in [2.75, 3.05) is 0 Å². The maximum atomic E-state index is 12.9. The van der Waals surface area contributed by atoms with Crippen LogP contribution < -0.4 is 0 Å². The molecule has 0 aliphatic rings. The molecule has 0 nitrogen and oxygen atoms in total. The molecule has 0 unspecified atom stereocenters. The van der Waals surface area contributed by atoms with Gasteiger partial charge in [0.25, 0.3) is 0 Å². The molecule has 82 valence electrons. The molecule has 0 radical (unpaired) electrons. The smallest absolute Gasteiger partial charge is 0.127 e. The fourth-order valence-corrected chi connectivity index (χ4v) is 2.38. The van der Waals surface area contributed by atoms with Gasteiger partial charge in [0.05, 0.1) is 0 Å². The van der Waals surface area contributed by atoms with Crippen LogP contribution in [0.15, 0.2) is 56.7 Å². The Morgan fingerprint density at radius 1 is 0.812 bits per heavy atom. The van der Waals surface area contributed by atoms with Crippen molar-refractivity contribution in [1.82, 2.24) is 0 Å². The van der Waals surface area contributed by atoms with Crippen molar-refractivity contribution < 1.29 is 8.78 Å². The lowest BCUT2D eigenvalue weighted by molar-refractivity contribution is 0.577. The number of hydrogen-bond donors (Lipinski definition) is 0. The minimum absolute atomic E-state index is 0.555.